The highest BCUT2D eigenvalue weighted by atomic mass is 35.5. The molecular weight excluding hydrogens is 552 g/mol. The van der Waals surface area contributed by atoms with Crippen molar-refractivity contribution in [1.82, 2.24) is 15.3 Å². The summed E-state index contributed by atoms with van der Waals surface area (Å²) in [5.74, 6) is -1.20. The van der Waals surface area contributed by atoms with Crippen LogP contribution in [0.4, 0.5) is 20.3 Å². The maximum atomic E-state index is 15.1. The number of ether oxygens (including phenoxy) is 1. The van der Waals surface area contributed by atoms with Gasteiger partial charge in [0.25, 0.3) is 0 Å². The molecule has 3 heterocycles. The average molecular weight is 581 g/mol. The number of benzene rings is 1. The first-order valence-electron chi connectivity index (χ1n) is 11.8. The Labute approximate surface area is 232 Å². The summed E-state index contributed by atoms with van der Waals surface area (Å²) in [6.45, 7) is 9.43. The van der Waals surface area contributed by atoms with Gasteiger partial charge in [0.05, 0.1) is 21.3 Å². The van der Waals surface area contributed by atoms with E-state index in [-0.39, 0.29) is 57.6 Å². The van der Waals surface area contributed by atoms with E-state index in [1.165, 1.54) is 30.7 Å². The first-order chi connectivity index (χ1) is 17.9. The lowest BCUT2D eigenvalue weighted by Crippen LogP contribution is -2.68. The zero-order valence-electron chi connectivity index (χ0n) is 21.4. The van der Waals surface area contributed by atoms with Crippen LogP contribution in [-0.2, 0) is 0 Å². The van der Waals surface area contributed by atoms with Gasteiger partial charge in [0.2, 0.25) is 0 Å². The molecule has 0 radical (unpaired) electrons. The molecule has 12 heteroatoms. The van der Waals surface area contributed by atoms with Gasteiger partial charge < -0.3 is 20.7 Å². The lowest BCUT2D eigenvalue weighted by molar-refractivity contribution is 0.216. The van der Waals surface area contributed by atoms with E-state index in [2.05, 4.69) is 35.5 Å². The number of nitrogens with two attached hydrogens (primary N) is 1. The van der Waals surface area contributed by atoms with Crippen molar-refractivity contribution in [2.24, 2.45) is 0 Å². The van der Waals surface area contributed by atoms with Gasteiger partial charge in [-0.2, -0.15) is 0 Å². The van der Waals surface area contributed by atoms with Gasteiger partial charge in [0, 0.05) is 66.4 Å². The molecule has 3 aromatic rings. The number of anilines is 2. The van der Waals surface area contributed by atoms with Crippen LogP contribution in [0.15, 0.2) is 36.8 Å². The van der Waals surface area contributed by atoms with Gasteiger partial charge in [-0.1, -0.05) is 31.1 Å². The van der Waals surface area contributed by atoms with Crippen LogP contribution in [0, 0.1) is 17.0 Å². The molecule has 4 N–H and O–H groups in total. The Kier molecular flexibility index (Phi) is 8.43. The first kappa shape index (κ1) is 28.4. The van der Waals surface area contributed by atoms with Crippen LogP contribution < -0.4 is 20.7 Å². The van der Waals surface area contributed by atoms with E-state index in [1.807, 2.05) is 4.90 Å². The first-order valence-corrected chi connectivity index (χ1v) is 15.0. The predicted molar refractivity (Wildman–Crippen MR) is 152 cm³/mol. The normalized spacial score (nSPS) is 15.3. The van der Waals surface area contributed by atoms with E-state index >= 15 is 4.39 Å². The van der Waals surface area contributed by atoms with Crippen LogP contribution in [0.3, 0.4) is 0 Å². The molecular formula is C26H29Cl2F2N6OP. The van der Waals surface area contributed by atoms with Gasteiger partial charge in [-0.3, -0.25) is 10.4 Å². The molecule has 0 bridgehead atoms. The third kappa shape index (κ3) is 6.01. The minimum atomic E-state index is -0.727. The summed E-state index contributed by atoms with van der Waals surface area (Å²) in [5.41, 5.74) is 6.65. The summed E-state index contributed by atoms with van der Waals surface area (Å²) in [5, 5.41) is 12.7. The van der Waals surface area contributed by atoms with Crippen molar-refractivity contribution >= 4 is 48.3 Å². The standard InChI is InChI=1S/C26H29Cl2F2N6OP/c1-14(23-17(27)9-33-10-18(23)28)37-22-6-16(21(31)7-19(22)29)24(32)15-5-20(30)25(34-8-15)36-11-26(2,12-36)35-13-38(3)4/h5-10,14,32,35H,11-13,31H2,1-4H3/t14-/m1/s1. The summed E-state index contributed by atoms with van der Waals surface area (Å²) >= 11 is 12.4. The summed E-state index contributed by atoms with van der Waals surface area (Å²) in [6.07, 6.45) is 4.46. The Bertz CT molecular complexity index is 1350. The lowest BCUT2D eigenvalue weighted by Gasteiger charge is -2.49. The second-order valence-corrected chi connectivity index (χ2v) is 13.2. The van der Waals surface area contributed by atoms with Crippen molar-refractivity contribution < 1.29 is 13.5 Å². The highest BCUT2D eigenvalue weighted by molar-refractivity contribution is 7.55. The maximum Gasteiger partial charge on any atom is 0.167 e. The minimum absolute atomic E-state index is 0.00774. The van der Waals surface area contributed by atoms with E-state index in [0.29, 0.717) is 18.7 Å². The summed E-state index contributed by atoms with van der Waals surface area (Å²) < 4.78 is 35.6. The van der Waals surface area contributed by atoms with E-state index < -0.39 is 17.7 Å². The quantitative estimate of drug-likeness (QED) is 0.161. The molecule has 1 fully saturated rings. The number of hydrogen-bond donors (Lipinski definition) is 3. The van der Waals surface area contributed by atoms with Crippen LogP contribution in [-0.4, -0.2) is 53.9 Å². The highest BCUT2D eigenvalue weighted by Gasteiger charge is 2.40. The molecule has 1 atom stereocenters. The number of nitrogens with one attached hydrogen (secondary N) is 2. The molecule has 1 aromatic carbocycles. The molecule has 0 unspecified atom stereocenters. The van der Waals surface area contributed by atoms with E-state index in [1.54, 1.807) is 6.92 Å². The monoisotopic (exact) mass is 580 g/mol. The molecule has 1 aliphatic rings. The third-order valence-electron chi connectivity index (χ3n) is 6.29. The molecule has 2 aromatic heterocycles. The Morgan fingerprint density at radius 1 is 1.18 bits per heavy atom. The van der Waals surface area contributed by atoms with Gasteiger partial charge >= 0.3 is 0 Å². The van der Waals surface area contributed by atoms with Crippen LogP contribution in [0.1, 0.15) is 36.6 Å². The Morgan fingerprint density at radius 2 is 1.84 bits per heavy atom. The van der Waals surface area contributed by atoms with Crippen LogP contribution in [0.5, 0.6) is 5.75 Å². The summed E-state index contributed by atoms with van der Waals surface area (Å²) in [7, 11) is -0.0725. The zero-order valence-corrected chi connectivity index (χ0v) is 23.9. The van der Waals surface area contributed by atoms with E-state index in [9.17, 15) is 4.39 Å². The van der Waals surface area contributed by atoms with Gasteiger partial charge in [0.1, 0.15) is 6.10 Å². The summed E-state index contributed by atoms with van der Waals surface area (Å²) in [4.78, 5) is 10.1. The van der Waals surface area contributed by atoms with Crippen LogP contribution >= 0.6 is 31.1 Å². The largest absolute Gasteiger partial charge is 0.483 e. The molecule has 7 nitrogen and oxygen atoms in total. The Morgan fingerprint density at radius 3 is 2.45 bits per heavy atom. The molecule has 0 spiro atoms. The van der Waals surface area contributed by atoms with Crippen molar-refractivity contribution in [2.45, 2.75) is 25.5 Å². The third-order valence-corrected chi connectivity index (χ3v) is 7.68. The van der Waals surface area contributed by atoms with E-state index in [0.717, 1.165) is 12.4 Å². The molecule has 1 saturated heterocycles. The molecule has 38 heavy (non-hydrogen) atoms. The van der Waals surface area contributed by atoms with Crippen molar-refractivity contribution in [3.05, 3.63) is 75.2 Å². The number of aromatic nitrogens is 2. The number of nitrogen functional groups attached to an aromatic ring is 1. The summed E-state index contributed by atoms with van der Waals surface area (Å²) in [6, 6.07) is 3.61. The molecule has 1 aliphatic heterocycles. The number of nitrogens with zero attached hydrogens (tertiary/aromatic N) is 3. The van der Waals surface area contributed by atoms with Crippen LogP contribution in [0.2, 0.25) is 10.0 Å². The Balaban J connectivity index is 1.53. The van der Waals surface area contributed by atoms with Gasteiger partial charge in [0.15, 0.2) is 23.2 Å². The molecule has 202 valence electrons. The average Bonchev–Trinajstić information content (AvgIpc) is 2.82. The fourth-order valence-corrected chi connectivity index (χ4v) is 5.67. The number of pyridine rings is 2. The van der Waals surface area contributed by atoms with Crippen molar-refractivity contribution in [2.75, 3.05) is 43.3 Å². The molecule has 0 saturated carbocycles. The van der Waals surface area contributed by atoms with Crippen molar-refractivity contribution in [3.8, 4) is 5.75 Å². The zero-order chi connectivity index (χ0) is 27.8. The molecule has 0 aliphatic carbocycles. The van der Waals surface area contributed by atoms with E-state index in [4.69, 9.17) is 39.1 Å². The second-order valence-electron chi connectivity index (χ2n) is 9.88. The highest BCUT2D eigenvalue weighted by Crippen LogP contribution is 2.35. The number of rotatable bonds is 9. The van der Waals surface area contributed by atoms with Crippen molar-refractivity contribution in [3.63, 3.8) is 0 Å². The fraction of sp³-hybridized carbons (Fsp3) is 0.346. The number of hydrogen-bond acceptors (Lipinski definition) is 7. The van der Waals surface area contributed by atoms with Gasteiger partial charge in [-0.25, -0.2) is 13.8 Å². The fourth-order valence-electron chi connectivity index (χ4n) is 4.30. The topological polar surface area (TPSA) is 100 Å². The SMILES string of the molecule is C[C@@H](Oc1cc(C(=N)c2cnc(N3CC(C)(NCP(C)C)C3)c(F)c2)c(N)cc1F)c1c(Cl)cncc1Cl. The van der Waals surface area contributed by atoms with Crippen molar-refractivity contribution in [1.29, 1.82) is 5.41 Å². The minimum Gasteiger partial charge on any atom is -0.483 e. The molecule has 4 rings (SSSR count). The lowest BCUT2D eigenvalue weighted by atomic mass is 9.92. The number of halogens is 4. The molecule has 0 amide bonds. The van der Waals surface area contributed by atoms with Crippen LogP contribution in [0.25, 0.3) is 0 Å². The second kappa shape index (κ2) is 11.3. The van der Waals surface area contributed by atoms with Gasteiger partial charge in [-0.15, -0.1) is 0 Å². The maximum absolute atomic E-state index is 15.1. The smallest absolute Gasteiger partial charge is 0.167 e. The van der Waals surface area contributed by atoms with Gasteiger partial charge in [-0.05, 0) is 39.3 Å². The Hall–Kier alpha value is -2.58. The predicted octanol–water partition coefficient (Wildman–Crippen LogP) is 6.07.